The molecule has 0 aliphatic heterocycles. The van der Waals surface area contributed by atoms with Crippen molar-refractivity contribution in [3.63, 3.8) is 0 Å². The van der Waals surface area contributed by atoms with Gasteiger partial charge in [-0.3, -0.25) is 4.79 Å². The van der Waals surface area contributed by atoms with Gasteiger partial charge in [-0.15, -0.1) is 0 Å². The van der Waals surface area contributed by atoms with E-state index < -0.39 is 12.1 Å². The molecule has 0 radical (unpaired) electrons. The van der Waals surface area contributed by atoms with Crippen LogP contribution in [0.5, 0.6) is 5.75 Å². The molecule has 0 saturated carbocycles. The third-order valence-electron chi connectivity index (χ3n) is 4.00. The highest BCUT2D eigenvalue weighted by Crippen LogP contribution is 2.21. The topological polar surface area (TPSA) is 58.6 Å². The van der Waals surface area contributed by atoms with Gasteiger partial charge in [0, 0.05) is 5.56 Å². The Labute approximate surface area is 163 Å². The Hall–Kier alpha value is -3.02. The van der Waals surface area contributed by atoms with Gasteiger partial charge in [0.2, 0.25) is 0 Å². The van der Waals surface area contributed by atoms with E-state index in [1.807, 2.05) is 54.6 Å². The van der Waals surface area contributed by atoms with Gasteiger partial charge in [-0.1, -0.05) is 66.7 Å². The molecular weight excluding hydrogens is 358 g/mol. The maximum atomic E-state index is 12.6. The molecule has 0 saturated heterocycles. The molecule has 0 aromatic heterocycles. The first-order valence-electron chi connectivity index (χ1n) is 8.51. The van der Waals surface area contributed by atoms with Crippen LogP contribution in [-0.4, -0.2) is 22.2 Å². The Morgan fingerprint density at radius 2 is 1.37 bits per heavy atom. The zero-order valence-corrected chi connectivity index (χ0v) is 15.3. The third kappa shape index (κ3) is 5.00. The zero-order chi connectivity index (χ0) is 19.1. The van der Waals surface area contributed by atoms with Crippen LogP contribution in [0.15, 0.2) is 91.0 Å². The predicted molar refractivity (Wildman–Crippen MR) is 109 cm³/mol. The largest absolute Gasteiger partial charge is 0.447 e. The molecular formula is C22H19NO3S. The van der Waals surface area contributed by atoms with Crippen molar-refractivity contribution in [1.82, 2.24) is 5.32 Å². The highest BCUT2D eigenvalue weighted by molar-refractivity contribution is 7.80. The highest BCUT2D eigenvalue weighted by atomic mass is 32.1. The second kappa shape index (κ2) is 9.07. The zero-order valence-electron chi connectivity index (χ0n) is 14.5. The third-order valence-corrected chi connectivity index (χ3v) is 4.32. The number of ether oxygens (including phenoxy) is 1. The number of rotatable bonds is 6. The van der Waals surface area contributed by atoms with E-state index in [2.05, 4.69) is 5.32 Å². The Bertz CT molecular complexity index is 885. The summed E-state index contributed by atoms with van der Waals surface area (Å²) in [7, 11) is 0. The lowest BCUT2D eigenvalue weighted by Crippen LogP contribution is -2.41. The molecule has 5 heteroatoms. The van der Waals surface area contributed by atoms with Gasteiger partial charge in [-0.2, -0.15) is 0 Å². The van der Waals surface area contributed by atoms with Crippen LogP contribution in [0.3, 0.4) is 0 Å². The van der Waals surface area contributed by atoms with Crippen molar-refractivity contribution >= 4 is 23.2 Å². The molecule has 136 valence electrons. The number of aliphatic hydroxyl groups is 1. The summed E-state index contributed by atoms with van der Waals surface area (Å²) in [6.07, 6.45) is -1.20. The number of carbonyl (C=O) groups excluding carboxylic acids is 1. The van der Waals surface area contributed by atoms with Crippen LogP contribution in [0.2, 0.25) is 0 Å². The molecule has 0 aliphatic rings. The van der Waals surface area contributed by atoms with E-state index in [4.69, 9.17) is 17.0 Å². The second-order valence-corrected chi connectivity index (χ2v) is 6.31. The van der Waals surface area contributed by atoms with Gasteiger partial charge in [0.1, 0.15) is 11.9 Å². The fourth-order valence-electron chi connectivity index (χ4n) is 2.62. The summed E-state index contributed by atoms with van der Waals surface area (Å²) in [5.74, 6) is 0.230. The normalized spacial score (nSPS) is 12.6. The number of hydrogen-bond acceptors (Lipinski definition) is 4. The molecule has 2 N–H and O–H groups in total. The van der Waals surface area contributed by atoms with Crippen molar-refractivity contribution in [3.05, 3.63) is 102 Å². The van der Waals surface area contributed by atoms with Crippen LogP contribution in [0.4, 0.5) is 0 Å². The predicted octanol–water partition coefficient (Wildman–Crippen LogP) is 3.93. The van der Waals surface area contributed by atoms with Gasteiger partial charge in [0.05, 0.1) is 6.04 Å². The molecule has 0 unspecified atom stereocenters. The fourth-order valence-corrected chi connectivity index (χ4v) is 2.85. The number of thiocarbonyl (C=S) groups is 1. The van der Waals surface area contributed by atoms with Crippen molar-refractivity contribution in [1.29, 1.82) is 0 Å². The first-order valence-corrected chi connectivity index (χ1v) is 8.91. The molecule has 0 fully saturated rings. The van der Waals surface area contributed by atoms with Crippen molar-refractivity contribution in [2.75, 3.05) is 0 Å². The monoisotopic (exact) mass is 377 g/mol. The Morgan fingerprint density at radius 3 is 1.96 bits per heavy atom. The highest BCUT2D eigenvalue weighted by Gasteiger charge is 2.28. The van der Waals surface area contributed by atoms with Gasteiger partial charge < -0.3 is 15.2 Å². The number of aliphatic hydroxyl groups excluding tert-OH is 1. The Kier molecular flexibility index (Phi) is 6.30. The molecule has 3 aromatic carbocycles. The molecule has 27 heavy (non-hydrogen) atoms. The summed E-state index contributed by atoms with van der Waals surface area (Å²) in [4.78, 5) is 12.6. The first-order chi connectivity index (χ1) is 13.1. The summed E-state index contributed by atoms with van der Waals surface area (Å²) in [6, 6.07) is 26.3. The Balaban J connectivity index is 1.81. The van der Waals surface area contributed by atoms with E-state index in [1.165, 1.54) is 0 Å². The lowest BCUT2D eigenvalue weighted by atomic mass is 10.0. The summed E-state index contributed by atoms with van der Waals surface area (Å²) >= 11 is 5.28. The molecule has 3 rings (SSSR count). The SMILES string of the molecule is O=C(N[C@H](c1ccccc1)[C@@H](O)C(=S)Oc1ccccc1)c1ccccc1. The van der Waals surface area contributed by atoms with E-state index in [0.29, 0.717) is 11.3 Å². The van der Waals surface area contributed by atoms with E-state index >= 15 is 0 Å². The van der Waals surface area contributed by atoms with Crippen LogP contribution in [-0.2, 0) is 0 Å². The first kappa shape index (κ1) is 18.8. The molecule has 1 amide bonds. The number of para-hydroxylation sites is 1. The smallest absolute Gasteiger partial charge is 0.251 e. The van der Waals surface area contributed by atoms with E-state index in [-0.39, 0.29) is 11.0 Å². The summed E-state index contributed by atoms with van der Waals surface area (Å²) < 4.78 is 5.60. The summed E-state index contributed by atoms with van der Waals surface area (Å²) in [5.41, 5.74) is 1.23. The van der Waals surface area contributed by atoms with Crippen LogP contribution >= 0.6 is 12.2 Å². The van der Waals surface area contributed by atoms with Crippen LogP contribution in [0.1, 0.15) is 22.0 Å². The lowest BCUT2D eigenvalue weighted by molar-refractivity contribution is 0.0889. The molecule has 0 spiro atoms. The number of nitrogens with one attached hydrogen (secondary N) is 1. The molecule has 3 aromatic rings. The number of carbonyl (C=O) groups is 1. The molecule has 0 bridgehead atoms. The maximum absolute atomic E-state index is 12.6. The van der Waals surface area contributed by atoms with Crippen LogP contribution in [0, 0.1) is 0 Å². The minimum atomic E-state index is -1.20. The molecule has 0 heterocycles. The molecule has 2 atom stereocenters. The summed E-state index contributed by atoms with van der Waals surface area (Å²) in [5, 5.41) is 13.7. The van der Waals surface area contributed by atoms with Gasteiger partial charge in [0.25, 0.3) is 5.91 Å². The average Bonchev–Trinajstić information content (AvgIpc) is 2.73. The maximum Gasteiger partial charge on any atom is 0.251 e. The van der Waals surface area contributed by atoms with E-state index in [0.717, 1.165) is 5.56 Å². The lowest BCUT2D eigenvalue weighted by Gasteiger charge is -2.25. The van der Waals surface area contributed by atoms with Gasteiger partial charge in [-0.25, -0.2) is 0 Å². The Morgan fingerprint density at radius 1 is 0.852 bits per heavy atom. The minimum Gasteiger partial charge on any atom is -0.447 e. The number of amides is 1. The van der Waals surface area contributed by atoms with E-state index in [9.17, 15) is 9.90 Å². The van der Waals surface area contributed by atoms with Crippen molar-refractivity contribution < 1.29 is 14.6 Å². The van der Waals surface area contributed by atoms with E-state index in [1.54, 1.807) is 36.4 Å². The fraction of sp³-hybridized carbons (Fsp3) is 0.0909. The van der Waals surface area contributed by atoms with Crippen molar-refractivity contribution in [3.8, 4) is 5.75 Å². The van der Waals surface area contributed by atoms with Crippen LogP contribution in [0.25, 0.3) is 0 Å². The van der Waals surface area contributed by atoms with Crippen LogP contribution < -0.4 is 10.1 Å². The molecule has 4 nitrogen and oxygen atoms in total. The van der Waals surface area contributed by atoms with Gasteiger partial charge >= 0.3 is 0 Å². The standard InChI is InChI=1S/C22H19NO3S/c24-20(22(27)26-18-14-8-3-9-15-18)19(16-10-4-1-5-11-16)23-21(25)17-12-6-2-7-13-17/h1-15,19-20,24H,(H,23,25)/t19-,20-/m1/s1. The number of benzene rings is 3. The van der Waals surface area contributed by atoms with Crippen molar-refractivity contribution in [2.24, 2.45) is 0 Å². The second-order valence-electron chi connectivity index (χ2n) is 5.91. The van der Waals surface area contributed by atoms with Crippen molar-refractivity contribution in [2.45, 2.75) is 12.1 Å². The summed E-state index contributed by atoms with van der Waals surface area (Å²) in [6.45, 7) is 0. The minimum absolute atomic E-state index is 0.0107. The molecule has 0 aliphatic carbocycles. The number of hydrogen-bond donors (Lipinski definition) is 2. The van der Waals surface area contributed by atoms with Gasteiger partial charge in [0.15, 0.2) is 5.05 Å². The quantitative estimate of drug-likeness (QED) is 0.639. The average molecular weight is 377 g/mol. The van der Waals surface area contributed by atoms with Gasteiger partial charge in [-0.05, 0) is 42.0 Å².